The number of terminal acetylenes is 1. The van der Waals surface area contributed by atoms with E-state index >= 15 is 0 Å². The summed E-state index contributed by atoms with van der Waals surface area (Å²) in [5.41, 5.74) is -1.36. The van der Waals surface area contributed by atoms with Crippen molar-refractivity contribution in [2.75, 3.05) is 5.32 Å². The molecule has 0 unspecified atom stereocenters. The van der Waals surface area contributed by atoms with Crippen molar-refractivity contribution >= 4 is 11.7 Å². The van der Waals surface area contributed by atoms with Crippen molar-refractivity contribution in [2.24, 2.45) is 0 Å². The summed E-state index contributed by atoms with van der Waals surface area (Å²) < 4.78 is 37.0. The molecule has 102 valence electrons. The van der Waals surface area contributed by atoms with Gasteiger partial charge in [0.2, 0.25) is 0 Å². The van der Waals surface area contributed by atoms with Crippen LogP contribution in [0.5, 0.6) is 0 Å². The Morgan fingerprint density at radius 1 is 1.21 bits per heavy atom. The van der Waals surface area contributed by atoms with Crippen molar-refractivity contribution < 1.29 is 18.0 Å². The summed E-state index contributed by atoms with van der Waals surface area (Å²) in [7, 11) is 0. The molecule has 2 N–H and O–H groups in total. The number of alkyl halides is 3. The quantitative estimate of drug-likeness (QED) is 0.796. The van der Waals surface area contributed by atoms with Crippen molar-refractivity contribution in [2.45, 2.75) is 25.6 Å². The van der Waals surface area contributed by atoms with Crippen LogP contribution in [0, 0.1) is 12.3 Å². The van der Waals surface area contributed by atoms with Crippen molar-refractivity contribution in [1.82, 2.24) is 5.32 Å². The zero-order valence-electron chi connectivity index (χ0n) is 10.4. The predicted molar refractivity (Wildman–Crippen MR) is 66.5 cm³/mol. The number of anilines is 1. The first-order chi connectivity index (χ1) is 8.64. The fourth-order valence-electron chi connectivity index (χ4n) is 1.22. The minimum absolute atomic E-state index is 0.248. The van der Waals surface area contributed by atoms with Crippen molar-refractivity contribution in [3.05, 3.63) is 29.8 Å². The lowest BCUT2D eigenvalue weighted by molar-refractivity contribution is -0.137. The SMILES string of the molecule is C#CC(C)(C)NC(=O)Nc1ccc(C(F)(F)F)cc1. The van der Waals surface area contributed by atoms with Gasteiger partial charge in [-0.2, -0.15) is 13.2 Å². The molecular weight excluding hydrogens is 257 g/mol. The van der Waals surface area contributed by atoms with Crippen LogP contribution in [0.3, 0.4) is 0 Å². The molecule has 2 amide bonds. The van der Waals surface area contributed by atoms with Gasteiger partial charge < -0.3 is 10.6 Å². The third-order valence-corrected chi connectivity index (χ3v) is 2.26. The molecule has 0 saturated heterocycles. The van der Waals surface area contributed by atoms with Crippen LogP contribution in [0.1, 0.15) is 19.4 Å². The van der Waals surface area contributed by atoms with Crippen LogP contribution in [-0.2, 0) is 6.18 Å². The smallest absolute Gasteiger partial charge is 0.322 e. The third kappa shape index (κ3) is 4.54. The second-order valence-corrected chi connectivity index (χ2v) is 4.42. The van der Waals surface area contributed by atoms with E-state index < -0.39 is 23.3 Å². The van der Waals surface area contributed by atoms with Gasteiger partial charge in [-0.1, -0.05) is 5.92 Å². The van der Waals surface area contributed by atoms with Crippen LogP contribution in [-0.4, -0.2) is 11.6 Å². The number of halogens is 3. The molecule has 1 aromatic rings. The van der Waals surface area contributed by atoms with E-state index in [0.29, 0.717) is 0 Å². The Kier molecular flexibility index (Phi) is 4.10. The normalized spacial score (nSPS) is 11.6. The fourth-order valence-corrected chi connectivity index (χ4v) is 1.22. The van der Waals surface area contributed by atoms with Gasteiger partial charge in [-0.3, -0.25) is 0 Å². The topological polar surface area (TPSA) is 41.1 Å². The van der Waals surface area contributed by atoms with E-state index in [4.69, 9.17) is 6.42 Å². The average molecular weight is 270 g/mol. The van der Waals surface area contributed by atoms with Crippen molar-refractivity contribution in [1.29, 1.82) is 0 Å². The van der Waals surface area contributed by atoms with Gasteiger partial charge in [0.25, 0.3) is 0 Å². The number of carbonyl (C=O) groups excluding carboxylic acids is 1. The average Bonchev–Trinajstić information content (AvgIpc) is 2.27. The highest BCUT2D eigenvalue weighted by atomic mass is 19.4. The molecule has 0 aromatic heterocycles. The molecule has 0 fully saturated rings. The molecule has 1 aromatic carbocycles. The lowest BCUT2D eigenvalue weighted by atomic mass is 10.1. The Labute approximate surface area is 109 Å². The lowest BCUT2D eigenvalue weighted by Gasteiger charge is -2.19. The Hall–Kier alpha value is -2.16. The summed E-state index contributed by atoms with van der Waals surface area (Å²) >= 11 is 0. The Bertz CT molecular complexity index is 498. The van der Waals surface area contributed by atoms with Gasteiger partial charge in [-0.25, -0.2) is 4.79 Å². The Morgan fingerprint density at radius 2 is 1.74 bits per heavy atom. The molecule has 1 rings (SSSR count). The molecule has 0 aliphatic carbocycles. The standard InChI is InChI=1S/C13H13F3N2O/c1-4-12(2,3)18-11(19)17-10-7-5-9(6-8-10)13(14,15)16/h1,5-8H,2-3H3,(H2,17,18,19). The van der Waals surface area contributed by atoms with Crippen LogP contribution < -0.4 is 10.6 Å². The number of hydrogen-bond donors (Lipinski definition) is 2. The van der Waals surface area contributed by atoms with Crippen LogP contribution in [0.25, 0.3) is 0 Å². The molecule has 3 nitrogen and oxygen atoms in total. The van der Waals surface area contributed by atoms with E-state index in [1.54, 1.807) is 13.8 Å². The second kappa shape index (κ2) is 5.22. The molecule has 6 heteroatoms. The number of benzene rings is 1. The zero-order chi connectivity index (χ0) is 14.7. The number of rotatable bonds is 2. The van der Waals surface area contributed by atoms with Crippen LogP contribution in [0.4, 0.5) is 23.7 Å². The molecule has 0 atom stereocenters. The largest absolute Gasteiger partial charge is 0.416 e. The first-order valence-corrected chi connectivity index (χ1v) is 5.38. The molecule has 0 bridgehead atoms. The van der Waals surface area contributed by atoms with Crippen LogP contribution >= 0.6 is 0 Å². The van der Waals surface area contributed by atoms with E-state index in [0.717, 1.165) is 12.1 Å². The summed E-state index contributed by atoms with van der Waals surface area (Å²) in [4.78, 5) is 11.5. The molecule has 19 heavy (non-hydrogen) atoms. The first-order valence-electron chi connectivity index (χ1n) is 5.38. The highest BCUT2D eigenvalue weighted by Gasteiger charge is 2.30. The summed E-state index contributed by atoms with van der Waals surface area (Å²) in [5.74, 6) is 2.37. The van der Waals surface area contributed by atoms with Crippen LogP contribution in [0.15, 0.2) is 24.3 Å². The van der Waals surface area contributed by atoms with E-state index in [-0.39, 0.29) is 5.69 Å². The van der Waals surface area contributed by atoms with Gasteiger partial charge in [0.05, 0.1) is 11.1 Å². The van der Waals surface area contributed by atoms with Gasteiger partial charge in [0.15, 0.2) is 0 Å². The Morgan fingerprint density at radius 3 is 2.16 bits per heavy atom. The highest BCUT2D eigenvalue weighted by molar-refractivity contribution is 5.90. The maximum Gasteiger partial charge on any atom is 0.416 e. The predicted octanol–water partition coefficient (Wildman–Crippen LogP) is 3.24. The number of amides is 2. The minimum Gasteiger partial charge on any atom is -0.322 e. The molecule has 0 radical (unpaired) electrons. The van der Waals surface area contributed by atoms with Gasteiger partial charge in [0.1, 0.15) is 0 Å². The molecule has 0 aliphatic rings. The number of hydrogen-bond acceptors (Lipinski definition) is 1. The maximum absolute atomic E-state index is 12.3. The summed E-state index contributed by atoms with van der Waals surface area (Å²) in [6, 6.07) is 3.54. The van der Waals surface area contributed by atoms with Gasteiger partial charge in [-0.05, 0) is 38.1 Å². The Balaban J connectivity index is 2.69. The zero-order valence-corrected chi connectivity index (χ0v) is 10.4. The molecule has 0 aliphatic heterocycles. The fraction of sp³-hybridized carbons (Fsp3) is 0.308. The molecule has 0 saturated carbocycles. The van der Waals surface area contributed by atoms with E-state index in [2.05, 4.69) is 16.6 Å². The summed E-state index contributed by atoms with van der Waals surface area (Å²) in [5, 5.41) is 4.89. The second-order valence-electron chi connectivity index (χ2n) is 4.42. The summed E-state index contributed by atoms with van der Waals surface area (Å²) in [6.07, 6.45) is 0.802. The lowest BCUT2D eigenvalue weighted by Crippen LogP contribution is -2.44. The molecule has 0 heterocycles. The van der Waals surface area contributed by atoms with Crippen molar-refractivity contribution in [3.8, 4) is 12.3 Å². The minimum atomic E-state index is -4.40. The first kappa shape index (κ1) is 14.9. The third-order valence-electron chi connectivity index (χ3n) is 2.26. The highest BCUT2D eigenvalue weighted by Crippen LogP contribution is 2.29. The number of urea groups is 1. The van der Waals surface area contributed by atoms with Gasteiger partial charge in [-0.15, -0.1) is 6.42 Å². The van der Waals surface area contributed by atoms with E-state index in [1.165, 1.54) is 12.1 Å². The van der Waals surface area contributed by atoms with Gasteiger partial charge >= 0.3 is 12.2 Å². The number of nitrogens with one attached hydrogen (secondary N) is 2. The van der Waals surface area contributed by atoms with Crippen molar-refractivity contribution in [3.63, 3.8) is 0 Å². The monoisotopic (exact) mass is 270 g/mol. The maximum atomic E-state index is 12.3. The molecular formula is C13H13F3N2O. The van der Waals surface area contributed by atoms with E-state index in [1.807, 2.05) is 0 Å². The van der Waals surface area contributed by atoms with Gasteiger partial charge in [0, 0.05) is 5.69 Å². The van der Waals surface area contributed by atoms with E-state index in [9.17, 15) is 18.0 Å². The van der Waals surface area contributed by atoms with Crippen LogP contribution in [0.2, 0.25) is 0 Å². The number of carbonyl (C=O) groups is 1. The molecule has 0 spiro atoms. The summed E-state index contributed by atoms with van der Waals surface area (Å²) in [6.45, 7) is 3.25.